The average Bonchev–Trinajstić information content (AvgIpc) is 2.83. The van der Waals surface area contributed by atoms with Crippen LogP contribution in [0.4, 0.5) is 17.1 Å². The van der Waals surface area contributed by atoms with E-state index < -0.39 is 11.6 Å². The summed E-state index contributed by atoms with van der Waals surface area (Å²) >= 11 is 1.37. The van der Waals surface area contributed by atoms with Crippen LogP contribution in [0.5, 0.6) is 11.5 Å². The summed E-state index contributed by atoms with van der Waals surface area (Å²) in [5.74, 6) is -1.96. The van der Waals surface area contributed by atoms with Crippen LogP contribution in [-0.2, 0) is 0 Å². The van der Waals surface area contributed by atoms with Crippen molar-refractivity contribution in [2.45, 2.75) is 16.7 Å². The topological polar surface area (TPSA) is 113 Å². The minimum Gasteiger partial charge on any atom is -0.507 e. The lowest BCUT2D eigenvalue weighted by Crippen LogP contribution is -2.24. The first-order valence-electron chi connectivity index (χ1n) is 10.5. The van der Waals surface area contributed by atoms with Crippen molar-refractivity contribution in [3.05, 3.63) is 101 Å². The van der Waals surface area contributed by atoms with Crippen LogP contribution in [0.3, 0.4) is 0 Å². The van der Waals surface area contributed by atoms with Gasteiger partial charge in [-0.2, -0.15) is 0 Å². The highest BCUT2D eigenvalue weighted by atomic mass is 32.2. The third-order valence-electron chi connectivity index (χ3n) is 5.70. The molecule has 0 unspecified atom stereocenters. The third-order valence-corrected chi connectivity index (χ3v) is 6.77. The van der Waals surface area contributed by atoms with Crippen molar-refractivity contribution in [3.63, 3.8) is 0 Å². The normalized spacial score (nSPS) is 12.3. The summed E-state index contributed by atoms with van der Waals surface area (Å²) in [4.78, 5) is 28.6. The van der Waals surface area contributed by atoms with Crippen LogP contribution in [0.15, 0.2) is 82.6 Å². The van der Waals surface area contributed by atoms with Crippen LogP contribution in [-0.4, -0.2) is 21.8 Å². The maximum atomic E-state index is 13.6. The van der Waals surface area contributed by atoms with Crippen molar-refractivity contribution >= 4 is 40.4 Å². The number of phenols is 2. The number of hydrogen-bond donors (Lipinski definition) is 4. The highest BCUT2D eigenvalue weighted by Gasteiger charge is 2.38. The number of anilines is 3. The van der Waals surface area contributed by atoms with Gasteiger partial charge in [-0.3, -0.25) is 9.59 Å². The number of benzene rings is 4. The molecule has 1 aliphatic rings. The van der Waals surface area contributed by atoms with Crippen LogP contribution in [0.1, 0.15) is 37.4 Å². The van der Waals surface area contributed by atoms with Gasteiger partial charge < -0.3 is 21.3 Å². The molecule has 5 N–H and O–H groups in total. The van der Waals surface area contributed by atoms with Crippen molar-refractivity contribution in [3.8, 4) is 11.5 Å². The second kappa shape index (κ2) is 8.28. The van der Waals surface area contributed by atoms with Crippen LogP contribution in [0.25, 0.3) is 0 Å². The lowest BCUT2D eigenvalue weighted by atomic mass is 9.81. The molecule has 0 bridgehead atoms. The number of rotatable bonds is 4. The SMILES string of the molecule is Cc1ccc(Nc2cc(Sc3ccccc3)c(N)c3c2C(=O)c2c(O)ccc(O)c2C3=O)cc1. The maximum absolute atomic E-state index is 13.6. The predicted molar refractivity (Wildman–Crippen MR) is 133 cm³/mol. The molecule has 34 heavy (non-hydrogen) atoms. The smallest absolute Gasteiger partial charge is 0.200 e. The van der Waals surface area contributed by atoms with E-state index in [4.69, 9.17) is 5.73 Å². The highest BCUT2D eigenvalue weighted by Crippen LogP contribution is 2.46. The summed E-state index contributed by atoms with van der Waals surface area (Å²) in [7, 11) is 0. The van der Waals surface area contributed by atoms with Gasteiger partial charge in [-0.05, 0) is 49.4 Å². The summed E-state index contributed by atoms with van der Waals surface area (Å²) < 4.78 is 0. The number of nitrogens with one attached hydrogen (secondary N) is 1. The van der Waals surface area contributed by atoms with E-state index in [-0.39, 0.29) is 39.4 Å². The number of carbonyl (C=O) groups is 2. The first-order chi connectivity index (χ1) is 16.3. The van der Waals surface area contributed by atoms with E-state index in [9.17, 15) is 19.8 Å². The molecule has 0 fully saturated rings. The lowest BCUT2D eigenvalue weighted by Gasteiger charge is -2.25. The summed E-state index contributed by atoms with van der Waals surface area (Å²) in [5, 5.41) is 24.0. The molecular formula is C27H20N2O4S. The summed E-state index contributed by atoms with van der Waals surface area (Å²) in [6, 6.07) is 21.3. The standard InChI is InChI=1S/C27H20N2O4S/c1-14-7-9-15(10-8-14)29-17-13-20(34-16-5-3-2-4-6-16)25(28)24-21(17)26(32)22-18(30)11-12-19(31)23(22)27(24)33/h2-13,29-31H,28H2,1H3. The number of nitrogens with two attached hydrogens (primary N) is 1. The molecule has 0 aliphatic heterocycles. The molecule has 0 aromatic heterocycles. The van der Waals surface area contributed by atoms with E-state index in [0.717, 1.165) is 16.1 Å². The Hall–Kier alpha value is -4.23. The molecule has 1 aliphatic carbocycles. The molecule has 0 spiro atoms. The number of phenolic OH excluding ortho intramolecular Hbond substituents is 2. The van der Waals surface area contributed by atoms with E-state index in [2.05, 4.69) is 5.32 Å². The van der Waals surface area contributed by atoms with Crippen molar-refractivity contribution in [1.82, 2.24) is 0 Å². The van der Waals surface area contributed by atoms with Gasteiger partial charge in [0.15, 0.2) is 0 Å². The van der Waals surface area contributed by atoms with E-state index in [0.29, 0.717) is 10.6 Å². The van der Waals surface area contributed by atoms with Crippen molar-refractivity contribution in [2.75, 3.05) is 11.1 Å². The van der Waals surface area contributed by atoms with Gasteiger partial charge in [0.2, 0.25) is 11.6 Å². The minimum absolute atomic E-state index is 0.00828. The van der Waals surface area contributed by atoms with Gasteiger partial charge in [0.25, 0.3) is 0 Å². The quantitative estimate of drug-likeness (QED) is 0.199. The molecule has 0 atom stereocenters. The zero-order valence-corrected chi connectivity index (χ0v) is 18.9. The fourth-order valence-corrected chi connectivity index (χ4v) is 4.96. The zero-order chi connectivity index (χ0) is 24.0. The first kappa shape index (κ1) is 21.6. The van der Waals surface area contributed by atoms with Gasteiger partial charge in [-0.1, -0.05) is 47.7 Å². The lowest BCUT2D eigenvalue weighted by molar-refractivity contribution is 0.0975. The van der Waals surface area contributed by atoms with Gasteiger partial charge in [0, 0.05) is 15.5 Å². The molecule has 0 radical (unpaired) electrons. The first-order valence-corrected chi connectivity index (χ1v) is 11.3. The van der Waals surface area contributed by atoms with Crippen molar-refractivity contribution < 1.29 is 19.8 Å². The Balaban J connectivity index is 1.74. The summed E-state index contributed by atoms with van der Waals surface area (Å²) in [6.45, 7) is 1.97. The molecule has 0 saturated carbocycles. The Morgan fingerprint density at radius 2 is 1.35 bits per heavy atom. The largest absolute Gasteiger partial charge is 0.507 e. The second-order valence-corrected chi connectivity index (χ2v) is 9.12. The van der Waals surface area contributed by atoms with Gasteiger partial charge in [0.1, 0.15) is 11.5 Å². The molecule has 4 aromatic rings. The van der Waals surface area contributed by atoms with Crippen LogP contribution >= 0.6 is 11.8 Å². The van der Waals surface area contributed by atoms with E-state index >= 15 is 0 Å². The van der Waals surface area contributed by atoms with Gasteiger partial charge in [-0.25, -0.2) is 0 Å². The summed E-state index contributed by atoms with van der Waals surface area (Å²) in [6.07, 6.45) is 0. The molecule has 168 valence electrons. The number of ketones is 2. The Morgan fingerprint density at radius 1 is 0.765 bits per heavy atom. The highest BCUT2D eigenvalue weighted by molar-refractivity contribution is 7.99. The maximum Gasteiger partial charge on any atom is 0.200 e. The van der Waals surface area contributed by atoms with Crippen molar-refractivity contribution in [1.29, 1.82) is 0 Å². The average molecular weight is 469 g/mol. The number of carbonyl (C=O) groups excluding carboxylic acids is 2. The molecule has 0 heterocycles. The van der Waals surface area contributed by atoms with E-state index in [1.807, 2.05) is 61.5 Å². The zero-order valence-electron chi connectivity index (χ0n) is 18.1. The van der Waals surface area contributed by atoms with Gasteiger partial charge in [-0.15, -0.1) is 0 Å². The van der Waals surface area contributed by atoms with Crippen LogP contribution in [0, 0.1) is 6.92 Å². The number of aryl methyl sites for hydroxylation is 1. The number of fused-ring (bicyclic) bond motifs is 2. The molecule has 4 aromatic carbocycles. The van der Waals surface area contributed by atoms with Crippen molar-refractivity contribution in [2.24, 2.45) is 0 Å². The molecule has 6 nitrogen and oxygen atoms in total. The monoisotopic (exact) mass is 468 g/mol. The summed E-state index contributed by atoms with van der Waals surface area (Å²) in [5.41, 5.74) is 8.39. The van der Waals surface area contributed by atoms with E-state index in [1.165, 1.54) is 23.9 Å². The van der Waals surface area contributed by atoms with E-state index in [1.54, 1.807) is 6.07 Å². The molecule has 0 saturated heterocycles. The number of nitrogen functional groups attached to an aromatic ring is 1. The minimum atomic E-state index is -0.613. The Bertz CT molecular complexity index is 1460. The Labute approximate surface area is 200 Å². The second-order valence-electron chi connectivity index (χ2n) is 8.00. The number of hydrogen-bond acceptors (Lipinski definition) is 7. The predicted octanol–water partition coefficient (Wildman–Crippen LogP) is 5.66. The Kier molecular flexibility index (Phi) is 5.26. The van der Waals surface area contributed by atoms with Crippen LogP contribution in [0.2, 0.25) is 0 Å². The molecular weight excluding hydrogens is 448 g/mol. The molecule has 0 amide bonds. The van der Waals surface area contributed by atoms with Gasteiger partial charge >= 0.3 is 0 Å². The fraction of sp³-hybridized carbons (Fsp3) is 0.0370. The van der Waals surface area contributed by atoms with Gasteiger partial charge in [0.05, 0.1) is 33.6 Å². The third kappa shape index (κ3) is 3.56. The fourth-order valence-electron chi connectivity index (χ4n) is 4.03. The van der Waals surface area contributed by atoms with Crippen LogP contribution < -0.4 is 11.1 Å². The number of aromatic hydroxyl groups is 2. The molecule has 7 heteroatoms. The Morgan fingerprint density at radius 3 is 1.97 bits per heavy atom. The molecule has 5 rings (SSSR count).